The van der Waals surface area contributed by atoms with E-state index in [1.165, 1.54) is 0 Å². The number of hydrogen-bond donors (Lipinski definition) is 3. The van der Waals surface area contributed by atoms with Gasteiger partial charge in [-0.3, -0.25) is 0 Å². The van der Waals surface area contributed by atoms with E-state index in [-0.39, 0.29) is 24.8 Å². The van der Waals surface area contributed by atoms with Crippen molar-refractivity contribution in [3.05, 3.63) is 12.7 Å². The van der Waals surface area contributed by atoms with Crippen molar-refractivity contribution < 1.29 is 14.4 Å². The van der Waals surface area contributed by atoms with Crippen molar-refractivity contribution >= 4 is 45.7 Å². The Labute approximate surface area is 78.7 Å². The summed E-state index contributed by atoms with van der Waals surface area (Å²) in [6, 6.07) is 0. The topological polar surface area (TPSA) is 57.5 Å². The molecule has 7 heteroatoms. The monoisotopic (exact) mass is 227 g/mol. The SMILES string of the molecule is C=CCS.Cl.Cl.O=[P+](O)O. The Bertz CT molecular complexity index is 78.1. The van der Waals surface area contributed by atoms with E-state index in [1.807, 2.05) is 0 Å². The summed E-state index contributed by atoms with van der Waals surface area (Å²) >= 11 is 3.80. The zero-order valence-electron chi connectivity index (χ0n) is 5.01. The second-order valence-corrected chi connectivity index (χ2v) is 1.59. The van der Waals surface area contributed by atoms with Gasteiger partial charge < -0.3 is 0 Å². The van der Waals surface area contributed by atoms with Gasteiger partial charge in [0.05, 0.1) is 0 Å². The Kier molecular flexibility index (Phi) is 50.7. The quantitative estimate of drug-likeness (QED) is 0.362. The molecule has 0 saturated carbocycles. The van der Waals surface area contributed by atoms with Gasteiger partial charge in [-0.1, -0.05) is 6.08 Å². The first kappa shape index (κ1) is 22.4. The van der Waals surface area contributed by atoms with E-state index in [4.69, 9.17) is 14.4 Å². The molecule has 0 fully saturated rings. The van der Waals surface area contributed by atoms with Crippen molar-refractivity contribution in [2.24, 2.45) is 0 Å². The van der Waals surface area contributed by atoms with Crippen LogP contribution in [0, 0.1) is 0 Å². The molecule has 0 rings (SSSR count). The molecule has 0 bridgehead atoms. The standard InChI is InChI=1S/C3H6S.2ClH.HO3P/c1-2-3-4;;;1-4(2)3/h2,4H,1,3H2;2*1H;(H-,1,2,3)/p+1. The van der Waals surface area contributed by atoms with Crippen LogP contribution < -0.4 is 0 Å². The van der Waals surface area contributed by atoms with Crippen molar-refractivity contribution in [1.29, 1.82) is 0 Å². The van der Waals surface area contributed by atoms with E-state index in [0.29, 0.717) is 0 Å². The van der Waals surface area contributed by atoms with E-state index < -0.39 is 8.25 Å². The highest BCUT2D eigenvalue weighted by Crippen LogP contribution is 1.98. The van der Waals surface area contributed by atoms with Crippen molar-refractivity contribution in [3.8, 4) is 0 Å². The van der Waals surface area contributed by atoms with Crippen LogP contribution >= 0.6 is 45.7 Å². The van der Waals surface area contributed by atoms with Gasteiger partial charge in [-0.05, 0) is 0 Å². The first-order valence-electron chi connectivity index (χ1n) is 1.72. The fourth-order valence-electron chi connectivity index (χ4n) is 0. The minimum atomic E-state index is -2.87. The molecule has 0 aromatic carbocycles. The first-order valence-corrected chi connectivity index (χ1v) is 3.51. The second kappa shape index (κ2) is 22.6. The number of rotatable bonds is 1. The molecule has 0 aliphatic rings. The highest BCUT2D eigenvalue weighted by molar-refractivity contribution is 7.80. The van der Waals surface area contributed by atoms with Crippen molar-refractivity contribution in [2.45, 2.75) is 0 Å². The molecule has 0 aliphatic carbocycles. The van der Waals surface area contributed by atoms with Crippen LogP contribution in [0.1, 0.15) is 0 Å². The molecule has 0 heterocycles. The Morgan fingerprint density at radius 3 is 1.60 bits per heavy atom. The van der Waals surface area contributed by atoms with Gasteiger partial charge in [-0.15, -0.1) is 41.2 Å². The fraction of sp³-hybridized carbons (Fsp3) is 0.333. The lowest BCUT2D eigenvalue weighted by Crippen LogP contribution is -1.45. The molecule has 0 aromatic heterocycles. The summed E-state index contributed by atoms with van der Waals surface area (Å²) in [5.41, 5.74) is 0. The lowest BCUT2D eigenvalue weighted by atomic mass is 10.8. The van der Waals surface area contributed by atoms with Crippen LogP contribution in [0.15, 0.2) is 12.7 Å². The van der Waals surface area contributed by atoms with Gasteiger partial charge in [-0.2, -0.15) is 12.6 Å². The second-order valence-electron chi connectivity index (χ2n) is 0.724. The molecular weight excluding hydrogens is 218 g/mol. The van der Waals surface area contributed by atoms with Crippen LogP contribution in [0.25, 0.3) is 0 Å². The molecule has 10 heavy (non-hydrogen) atoms. The highest BCUT2D eigenvalue weighted by atomic mass is 35.5. The molecule has 2 N–H and O–H groups in total. The lowest BCUT2D eigenvalue weighted by molar-refractivity contribution is 0.405. The molecule has 0 amide bonds. The molecule has 0 aromatic rings. The largest absolute Gasteiger partial charge is 0.692 e. The maximum Gasteiger partial charge on any atom is 0.692 e. The van der Waals surface area contributed by atoms with Gasteiger partial charge in [0.1, 0.15) is 0 Å². The number of halogens is 2. The van der Waals surface area contributed by atoms with E-state index in [0.717, 1.165) is 5.75 Å². The van der Waals surface area contributed by atoms with E-state index >= 15 is 0 Å². The van der Waals surface area contributed by atoms with E-state index in [1.54, 1.807) is 6.08 Å². The predicted molar refractivity (Wildman–Crippen MR) is 50.6 cm³/mol. The molecule has 3 nitrogen and oxygen atoms in total. The third-order valence-corrected chi connectivity index (χ3v) is 0.387. The minimum absolute atomic E-state index is 0. The summed E-state index contributed by atoms with van der Waals surface area (Å²) in [5.74, 6) is 0.778. The molecule has 0 atom stereocenters. The smallest absolute Gasteiger partial charge is 0.175 e. The zero-order chi connectivity index (χ0) is 6.99. The zero-order valence-corrected chi connectivity index (χ0v) is 8.43. The number of hydrogen-bond acceptors (Lipinski definition) is 2. The van der Waals surface area contributed by atoms with Crippen LogP contribution in [-0.2, 0) is 4.57 Å². The molecule has 0 aliphatic heterocycles. The maximum atomic E-state index is 8.70. The Balaban J connectivity index is -0.0000000300. The Hall–Kier alpha value is 0.690. The summed E-state index contributed by atoms with van der Waals surface area (Å²) in [5, 5.41) is 0. The predicted octanol–water partition coefficient (Wildman–Crippen LogP) is 1.57. The Morgan fingerprint density at radius 2 is 1.60 bits per heavy atom. The summed E-state index contributed by atoms with van der Waals surface area (Å²) in [4.78, 5) is 14.2. The summed E-state index contributed by atoms with van der Waals surface area (Å²) in [6.45, 7) is 3.40. The minimum Gasteiger partial charge on any atom is -0.175 e. The molecule has 0 unspecified atom stereocenters. The molecule has 0 saturated heterocycles. The molecule has 64 valence electrons. The number of thiol groups is 1. The van der Waals surface area contributed by atoms with Crippen molar-refractivity contribution in [3.63, 3.8) is 0 Å². The first-order chi connectivity index (χ1) is 3.65. The van der Waals surface area contributed by atoms with E-state index in [2.05, 4.69) is 19.2 Å². The van der Waals surface area contributed by atoms with Crippen LogP contribution in [0.5, 0.6) is 0 Å². The molecule has 0 spiro atoms. The summed E-state index contributed by atoms with van der Waals surface area (Å²) < 4.78 is 8.70. The van der Waals surface area contributed by atoms with Crippen LogP contribution in [0.2, 0.25) is 0 Å². The van der Waals surface area contributed by atoms with Crippen molar-refractivity contribution in [2.75, 3.05) is 5.75 Å². The van der Waals surface area contributed by atoms with Gasteiger partial charge >= 0.3 is 8.25 Å². The Morgan fingerprint density at radius 1 is 1.50 bits per heavy atom. The van der Waals surface area contributed by atoms with Crippen LogP contribution in [0.3, 0.4) is 0 Å². The molecular formula is C3H10Cl2O3PS+. The maximum absolute atomic E-state index is 8.70. The van der Waals surface area contributed by atoms with E-state index in [9.17, 15) is 0 Å². The fourth-order valence-corrected chi connectivity index (χ4v) is 0. The van der Waals surface area contributed by atoms with Gasteiger partial charge in [0, 0.05) is 10.3 Å². The normalized spacial score (nSPS) is 5.10. The highest BCUT2D eigenvalue weighted by Gasteiger charge is 1.93. The van der Waals surface area contributed by atoms with Gasteiger partial charge in [0.15, 0.2) is 0 Å². The summed E-state index contributed by atoms with van der Waals surface area (Å²) in [7, 11) is -2.87. The van der Waals surface area contributed by atoms with Gasteiger partial charge in [0.2, 0.25) is 0 Å². The average Bonchev–Trinajstić information content (AvgIpc) is 1.65. The van der Waals surface area contributed by atoms with Gasteiger partial charge in [-0.25, -0.2) is 0 Å². The summed E-state index contributed by atoms with van der Waals surface area (Å²) in [6.07, 6.45) is 1.74. The molecule has 0 radical (unpaired) electrons. The van der Waals surface area contributed by atoms with Crippen LogP contribution in [-0.4, -0.2) is 15.5 Å². The third kappa shape index (κ3) is 180. The van der Waals surface area contributed by atoms with Gasteiger partial charge in [0.25, 0.3) is 0 Å². The van der Waals surface area contributed by atoms with Crippen LogP contribution in [0.4, 0.5) is 0 Å². The average molecular weight is 228 g/mol. The van der Waals surface area contributed by atoms with Crippen molar-refractivity contribution in [1.82, 2.24) is 0 Å². The third-order valence-electron chi connectivity index (χ3n) is 0.129. The lowest BCUT2D eigenvalue weighted by Gasteiger charge is -1.57.